The minimum atomic E-state index is 0.0420. The van der Waals surface area contributed by atoms with Crippen molar-refractivity contribution in [3.63, 3.8) is 0 Å². The molecular formula is C16H24N2O2. The Morgan fingerprint density at radius 1 is 1.25 bits per heavy atom. The molecule has 0 radical (unpaired) electrons. The molecule has 1 aliphatic heterocycles. The first-order chi connectivity index (χ1) is 9.60. The van der Waals surface area contributed by atoms with Gasteiger partial charge in [0.25, 0.3) is 5.91 Å². The van der Waals surface area contributed by atoms with Gasteiger partial charge >= 0.3 is 0 Å². The van der Waals surface area contributed by atoms with Crippen molar-refractivity contribution in [3.8, 4) is 0 Å². The highest BCUT2D eigenvalue weighted by molar-refractivity contribution is 5.93. The van der Waals surface area contributed by atoms with Crippen LogP contribution in [0.25, 0.3) is 0 Å². The normalized spacial score (nSPS) is 17.1. The lowest BCUT2D eigenvalue weighted by Gasteiger charge is -2.31. The van der Waals surface area contributed by atoms with Gasteiger partial charge in [-0.3, -0.25) is 9.69 Å². The molecule has 0 aliphatic carbocycles. The Hall–Kier alpha value is -1.39. The van der Waals surface area contributed by atoms with Crippen LogP contribution in [0.2, 0.25) is 0 Å². The maximum Gasteiger partial charge on any atom is 0.253 e. The summed E-state index contributed by atoms with van der Waals surface area (Å²) in [5, 5.41) is 9.14. The fraction of sp³-hybridized carbons (Fsp3) is 0.562. The predicted molar refractivity (Wildman–Crippen MR) is 79.5 cm³/mol. The molecule has 4 heteroatoms. The molecule has 1 aromatic rings. The van der Waals surface area contributed by atoms with Gasteiger partial charge in [0.15, 0.2) is 0 Å². The molecule has 1 N–H and O–H groups in total. The van der Waals surface area contributed by atoms with E-state index in [2.05, 4.69) is 4.90 Å². The van der Waals surface area contributed by atoms with E-state index in [1.807, 2.05) is 24.3 Å². The first-order valence-electron chi connectivity index (χ1n) is 7.24. The standard InChI is InChI=1S/C16H24N2O2/c1-17(2)16(20)15-5-3-13(4-6-15)11-18-9-7-14(12-19)8-10-18/h3-6,14,19H,7-12H2,1-2H3. The number of aliphatic hydroxyl groups excluding tert-OH is 1. The largest absolute Gasteiger partial charge is 0.396 e. The number of likely N-dealkylation sites (tertiary alicyclic amines) is 1. The van der Waals surface area contributed by atoms with E-state index >= 15 is 0 Å². The SMILES string of the molecule is CN(C)C(=O)c1ccc(CN2CCC(CO)CC2)cc1. The molecule has 1 saturated heterocycles. The molecule has 110 valence electrons. The molecule has 1 amide bonds. The molecule has 1 fully saturated rings. The van der Waals surface area contributed by atoms with E-state index in [9.17, 15) is 4.79 Å². The zero-order valence-corrected chi connectivity index (χ0v) is 12.4. The van der Waals surface area contributed by atoms with Crippen molar-refractivity contribution in [3.05, 3.63) is 35.4 Å². The number of carbonyl (C=O) groups is 1. The highest BCUT2D eigenvalue weighted by Gasteiger charge is 2.18. The van der Waals surface area contributed by atoms with Crippen molar-refractivity contribution >= 4 is 5.91 Å². The van der Waals surface area contributed by atoms with Crippen LogP contribution in [0.5, 0.6) is 0 Å². The molecular weight excluding hydrogens is 252 g/mol. The van der Waals surface area contributed by atoms with Crippen LogP contribution in [0.15, 0.2) is 24.3 Å². The van der Waals surface area contributed by atoms with Gasteiger partial charge in [-0.2, -0.15) is 0 Å². The van der Waals surface area contributed by atoms with Crippen molar-refractivity contribution in [1.29, 1.82) is 0 Å². The van der Waals surface area contributed by atoms with Gasteiger partial charge < -0.3 is 10.0 Å². The van der Waals surface area contributed by atoms with E-state index in [-0.39, 0.29) is 5.91 Å². The molecule has 0 unspecified atom stereocenters. The summed E-state index contributed by atoms with van der Waals surface area (Å²) in [7, 11) is 3.53. The van der Waals surface area contributed by atoms with E-state index in [1.165, 1.54) is 5.56 Å². The summed E-state index contributed by atoms with van der Waals surface area (Å²) in [5.41, 5.74) is 1.97. The molecule has 0 saturated carbocycles. The first kappa shape index (κ1) is 15.0. The van der Waals surface area contributed by atoms with Gasteiger partial charge in [0.05, 0.1) is 0 Å². The van der Waals surface area contributed by atoms with Crippen molar-refractivity contribution in [2.24, 2.45) is 5.92 Å². The van der Waals surface area contributed by atoms with E-state index in [0.717, 1.165) is 38.0 Å². The Morgan fingerprint density at radius 2 is 1.85 bits per heavy atom. The Labute approximate surface area is 121 Å². The van der Waals surface area contributed by atoms with Crippen LogP contribution < -0.4 is 0 Å². The average molecular weight is 276 g/mol. The number of benzene rings is 1. The van der Waals surface area contributed by atoms with Crippen LogP contribution in [0, 0.1) is 5.92 Å². The lowest BCUT2D eigenvalue weighted by Crippen LogP contribution is -2.34. The second-order valence-corrected chi connectivity index (χ2v) is 5.80. The topological polar surface area (TPSA) is 43.8 Å². The van der Waals surface area contributed by atoms with Gasteiger partial charge in [-0.25, -0.2) is 0 Å². The zero-order valence-electron chi connectivity index (χ0n) is 12.4. The zero-order chi connectivity index (χ0) is 14.5. The van der Waals surface area contributed by atoms with Crippen molar-refractivity contribution in [1.82, 2.24) is 9.80 Å². The molecule has 2 rings (SSSR count). The van der Waals surface area contributed by atoms with Crippen LogP contribution >= 0.6 is 0 Å². The van der Waals surface area contributed by atoms with Crippen LogP contribution in [0.1, 0.15) is 28.8 Å². The van der Waals surface area contributed by atoms with Crippen LogP contribution in [0.4, 0.5) is 0 Å². The number of nitrogens with zero attached hydrogens (tertiary/aromatic N) is 2. The Morgan fingerprint density at radius 3 is 2.35 bits per heavy atom. The molecule has 1 aromatic carbocycles. The number of piperidine rings is 1. The predicted octanol–water partition coefficient (Wildman–Crippen LogP) is 1.59. The highest BCUT2D eigenvalue weighted by Crippen LogP contribution is 2.18. The number of hydrogen-bond acceptors (Lipinski definition) is 3. The Balaban J connectivity index is 1.90. The lowest BCUT2D eigenvalue weighted by atomic mass is 9.97. The maximum atomic E-state index is 11.8. The number of carbonyl (C=O) groups excluding carboxylic acids is 1. The summed E-state index contributed by atoms with van der Waals surface area (Å²) in [4.78, 5) is 15.8. The molecule has 1 aliphatic rings. The third kappa shape index (κ3) is 3.81. The average Bonchev–Trinajstić information content (AvgIpc) is 2.48. The summed E-state index contributed by atoms with van der Waals surface area (Å²) in [5.74, 6) is 0.520. The second-order valence-electron chi connectivity index (χ2n) is 5.80. The smallest absolute Gasteiger partial charge is 0.253 e. The Kier molecular flexibility index (Phi) is 5.15. The molecule has 0 aromatic heterocycles. The second kappa shape index (κ2) is 6.86. The molecule has 0 bridgehead atoms. The van der Waals surface area contributed by atoms with Gasteiger partial charge in [-0.15, -0.1) is 0 Å². The highest BCUT2D eigenvalue weighted by atomic mass is 16.3. The third-order valence-corrected chi connectivity index (χ3v) is 3.98. The molecule has 20 heavy (non-hydrogen) atoms. The third-order valence-electron chi connectivity index (χ3n) is 3.98. The Bertz CT molecular complexity index is 434. The summed E-state index contributed by atoms with van der Waals surface area (Å²) >= 11 is 0. The summed E-state index contributed by atoms with van der Waals surface area (Å²) in [6.45, 7) is 3.33. The fourth-order valence-electron chi connectivity index (χ4n) is 2.60. The number of aliphatic hydroxyl groups is 1. The van der Waals surface area contributed by atoms with Crippen LogP contribution in [0.3, 0.4) is 0 Å². The van der Waals surface area contributed by atoms with Crippen molar-refractivity contribution in [2.45, 2.75) is 19.4 Å². The minimum Gasteiger partial charge on any atom is -0.396 e. The van der Waals surface area contributed by atoms with Crippen LogP contribution in [-0.4, -0.2) is 54.6 Å². The van der Waals surface area contributed by atoms with E-state index in [1.54, 1.807) is 19.0 Å². The quantitative estimate of drug-likeness (QED) is 0.908. The fourth-order valence-corrected chi connectivity index (χ4v) is 2.60. The first-order valence-corrected chi connectivity index (χ1v) is 7.24. The van der Waals surface area contributed by atoms with Crippen molar-refractivity contribution in [2.75, 3.05) is 33.8 Å². The van der Waals surface area contributed by atoms with E-state index in [4.69, 9.17) is 5.11 Å². The van der Waals surface area contributed by atoms with Gasteiger partial charge in [0.2, 0.25) is 0 Å². The van der Waals surface area contributed by atoms with Crippen LogP contribution in [-0.2, 0) is 6.54 Å². The number of rotatable bonds is 4. The molecule has 0 atom stereocenters. The van der Waals surface area contributed by atoms with Gasteiger partial charge in [-0.05, 0) is 49.5 Å². The van der Waals surface area contributed by atoms with E-state index in [0.29, 0.717) is 12.5 Å². The molecule has 4 nitrogen and oxygen atoms in total. The number of hydrogen-bond donors (Lipinski definition) is 1. The lowest BCUT2D eigenvalue weighted by molar-refractivity contribution is 0.0827. The minimum absolute atomic E-state index is 0.0420. The monoisotopic (exact) mass is 276 g/mol. The molecule has 0 spiro atoms. The summed E-state index contributed by atoms with van der Waals surface area (Å²) in [6, 6.07) is 7.88. The molecule has 1 heterocycles. The van der Waals surface area contributed by atoms with E-state index < -0.39 is 0 Å². The summed E-state index contributed by atoms with van der Waals surface area (Å²) in [6.07, 6.45) is 2.15. The summed E-state index contributed by atoms with van der Waals surface area (Å²) < 4.78 is 0. The van der Waals surface area contributed by atoms with Gasteiger partial charge in [-0.1, -0.05) is 12.1 Å². The van der Waals surface area contributed by atoms with Crippen molar-refractivity contribution < 1.29 is 9.90 Å². The maximum absolute atomic E-state index is 11.8. The van der Waals surface area contributed by atoms with Gasteiger partial charge in [0, 0.05) is 32.8 Å². The number of amides is 1. The van der Waals surface area contributed by atoms with Gasteiger partial charge in [0.1, 0.15) is 0 Å².